The highest BCUT2D eigenvalue weighted by atomic mass is 32.2. The average Bonchev–Trinajstić information content (AvgIpc) is 3.00. The first kappa shape index (κ1) is 12.6. The summed E-state index contributed by atoms with van der Waals surface area (Å²) in [5.74, 6) is 0. The number of sulfone groups is 1. The van der Waals surface area contributed by atoms with Crippen LogP contribution in [0.15, 0.2) is 17.0 Å². The van der Waals surface area contributed by atoms with Crippen molar-refractivity contribution in [1.82, 2.24) is 0 Å². The summed E-state index contributed by atoms with van der Waals surface area (Å²) < 4.78 is 23.7. The molecule has 1 aliphatic rings. The summed E-state index contributed by atoms with van der Waals surface area (Å²) >= 11 is 0. The maximum atomic E-state index is 11.9. The Labute approximate surface area is 103 Å². The van der Waals surface area contributed by atoms with Crippen LogP contribution >= 0.6 is 0 Å². The Hall–Kier alpha value is -0.870. The van der Waals surface area contributed by atoms with Gasteiger partial charge in [-0.1, -0.05) is 6.07 Å². The van der Waals surface area contributed by atoms with Crippen LogP contribution in [0, 0.1) is 13.8 Å². The lowest BCUT2D eigenvalue weighted by molar-refractivity contribution is 0.596. The van der Waals surface area contributed by atoms with Gasteiger partial charge < -0.3 is 5.73 Å². The molecule has 0 aliphatic heterocycles. The van der Waals surface area contributed by atoms with E-state index >= 15 is 0 Å². The van der Waals surface area contributed by atoms with Crippen LogP contribution in [-0.4, -0.2) is 21.2 Å². The Morgan fingerprint density at radius 1 is 1.24 bits per heavy atom. The highest BCUT2D eigenvalue weighted by Crippen LogP contribution is 2.49. The van der Waals surface area contributed by atoms with Crippen LogP contribution in [0.3, 0.4) is 0 Å². The Morgan fingerprint density at radius 2 is 1.76 bits per heavy atom. The molecule has 0 unspecified atom stereocenters. The second kappa shape index (κ2) is 3.82. The zero-order chi connectivity index (χ0) is 12.8. The second-order valence-corrected chi connectivity index (χ2v) is 7.17. The lowest BCUT2D eigenvalue weighted by Gasteiger charge is -2.19. The zero-order valence-corrected chi connectivity index (χ0v) is 11.4. The monoisotopic (exact) mass is 253 g/mol. The third kappa shape index (κ3) is 2.11. The predicted octanol–water partition coefficient (Wildman–Crippen LogP) is 1.70. The molecule has 0 aromatic heterocycles. The van der Waals surface area contributed by atoms with Gasteiger partial charge in [0, 0.05) is 18.2 Å². The van der Waals surface area contributed by atoms with Gasteiger partial charge in [-0.15, -0.1) is 0 Å². The fraction of sp³-hybridized carbons (Fsp3) is 0.538. The molecule has 1 aromatic carbocycles. The first-order valence-corrected chi connectivity index (χ1v) is 7.71. The fourth-order valence-corrected chi connectivity index (χ4v) is 3.31. The van der Waals surface area contributed by atoms with Gasteiger partial charge >= 0.3 is 0 Å². The van der Waals surface area contributed by atoms with Crippen molar-refractivity contribution in [2.75, 3.05) is 12.8 Å². The molecule has 0 saturated heterocycles. The van der Waals surface area contributed by atoms with E-state index in [4.69, 9.17) is 5.73 Å². The Morgan fingerprint density at radius 3 is 2.18 bits per heavy atom. The highest BCUT2D eigenvalue weighted by molar-refractivity contribution is 7.90. The molecule has 0 amide bonds. The van der Waals surface area contributed by atoms with E-state index in [-0.39, 0.29) is 5.41 Å². The molecule has 1 fully saturated rings. The van der Waals surface area contributed by atoms with Gasteiger partial charge in [-0.3, -0.25) is 0 Å². The topological polar surface area (TPSA) is 60.2 Å². The summed E-state index contributed by atoms with van der Waals surface area (Å²) in [7, 11) is -3.18. The summed E-state index contributed by atoms with van der Waals surface area (Å²) in [6.45, 7) is 4.48. The Kier molecular flexibility index (Phi) is 2.83. The van der Waals surface area contributed by atoms with Gasteiger partial charge in [0.1, 0.15) is 0 Å². The van der Waals surface area contributed by atoms with E-state index < -0.39 is 9.84 Å². The number of hydrogen-bond acceptors (Lipinski definition) is 3. The maximum absolute atomic E-state index is 11.9. The van der Waals surface area contributed by atoms with Crippen LogP contribution in [0.5, 0.6) is 0 Å². The lowest BCUT2D eigenvalue weighted by atomic mass is 9.93. The molecule has 0 atom stereocenters. The fourth-order valence-electron chi connectivity index (χ4n) is 2.25. The van der Waals surface area contributed by atoms with E-state index in [0.717, 1.165) is 29.5 Å². The minimum Gasteiger partial charge on any atom is -0.330 e. The lowest BCUT2D eigenvalue weighted by Crippen LogP contribution is -2.22. The molecule has 2 N–H and O–H groups in total. The van der Waals surface area contributed by atoms with E-state index in [9.17, 15) is 8.42 Å². The number of benzene rings is 1. The molecule has 0 bridgehead atoms. The van der Waals surface area contributed by atoms with Gasteiger partial charge in [0.2, 0.25) is 0 Å². The van der Waals surface area contributed by atoms with E-state index in [0.29, 0.717) is 11.4 Å². The van der Waals surface area contributed by atoms with Crippen LogP contribution in [0.4, 0.5) is 0 Å². The van der Waals surface area contributed by atoms with Gasteiger partial charge in [0.15, 0.2) is 9.84 Å². The summed E-state index contributed by atoms with van der Waals surface area (Å²) in [5.41, 5.74) is 8.79. The van der Waals surface area contributed by atoms with Crippen molar-refractivity contribution in [2.45, 2.75) is 37.0 Å². The van der Waals surface area contributed by atoms with E-state index in [1.807, 2.05) is 19.9 Å². The van der Waals surface area contributed by atoms with Crippen molar-refractivity contribution in [3.63, 3.8) is 0 Å². The number of rotatable bonds is 3. The number of nitrogens with two attached hydrogens (primary N) is 1. The Balaban J connectivity index is 2.69. The SMILES string of the molecule is Cc1cc(C2(CN)CC2)c(S(C)(=O)=O)cc1C. The molecule has 17 heavy (non-hydrogen) atoms. The van der Waals surface area contributed by atoms with E-state index in [2.05, 4.69) is 0 Å². The number of hydrogen-bond donors (Lipinski definition) is 1. The summed E-state index contributed by atoms with van der Waals surface area (Å²) in [6, 6.07) is 3.79. The number of aryl methyl sites for hydroxylation is 2. The summed E-state index contributed by atoms with van der Waals surface area (Å²) in [4.78, 5) is 0.462. The van der Waals surface area contributed by atoms with Crippen LogP contribution in [0.2, 0.25) is 0 Å². The van der Waals surface area contributed by atoms with Crippen molar-refractivity contribution in [1.29, 1.82) is 0 Å². The van der Waals surface area contributed by atoms with Crippen LogP contribution < -0.4 is 5.73 Å². The van der Waals surface area contributed by atoms with Gasteiger partial charge in [-0.2, -0.15) is 0 Å². The first-order valence-electron chi connectivity index (χ1n) is 5.82. The standard InChI is InChI=1S/C13H19NO2S/c1-9-6-11(13(8-14)4-5-13)12(7-10(9)2)17(3,15)16/h6-7H,4-5,8,14H2,1-3H3. The van der Waals surface area contributed by atoms with Gasteiger partial charge in [-0.25, -0.2) is 8.42 Å². The van der Waals surface area contributed by atoms with Crippen LogP contribution in [0.1, 0.15) is 29.5 Å². The predicted molar refractivity (Wildman–Crippen MR) is 69.0 cm³/mol. The molecular weight excluding hydrogens is 234 g/mol. The molecule has 4 heteroatoms. The van der Waals surface area contributed by atoms with Gasteiger partial charge in [0.05, 0.1) is 4.90 Å². The largest absolute Gasteiger partial charge is 0.330 e. The van der Waals surface area contributed by atoms with Crippen LogP contribution in [0.25, 0.3) is 0 Å². The third-order valence-corrected chi connectivity index (χ3v) is 4.95. The first-order chi connectivity index (χ1) is 7.80. The third-order valence-electron chi connectivity index (χ3n) is 3.81. The maximum Gasteiger partial charge on any atom is 0.175 e. The summed E-state index contributed by atoms with van der Waals surface area (Å²) in [6.07, 6.45) is 3.26. The van der Waals surface area contributed by atoms with Crippen molar-refractivity contribution in [2.24, 2.45) is 5.73 Å². The zero-order valence-electron chi connectivity index (χ0n) is 10.6. The molecule has 1 saturated carbocycles. The molecule has 1 aromatic rings. The van der Waals surface area contributed by atoms with E-state index in [1.165, 1.54) is 6.26 Å². The second-order valence-electron chi connectivity index (χ2n) is 5.19. The van der Waals surface area contributed by atoms with Crippen LogP contribution in [-0.2, 0) is 15.3 Å². The molecule has 3 nitrogen and oxygen atoms in total. The molecular formula is C13H19NO2S. The van der Waals surface area contributed by atoms with Crippen molar-refractivity contribution < 1.29 is 8.42 Å². The smallest absolute Gasteiger partial charge is 0.175 e. The van der Waals surface area contributed by atoms with Crippen molar-refractivity contribution in [3.05, 3.63) is 28.8 Å². The highest BCUT2D eigenvalue weighted by Gasteiger charge is 2.45. The normalized spacial score (nSPS) is 18.1. The van der Waals surface area contributed by atoms with Gasteiger partial charge in [0.25, 0.3) is 0 Å². The summed E-state index contributed by atoms with van der Waals surface area (Å²) in [5, 5.41) is 0. The van der Waals surface area contributed by atoms with Gasteiger partial charge in [-0.05, 0) is 49.4 Å². The average molecular weight is 253 g/mol. The van der Waals surface area contributed by atoms with Crippen molar-refractivity contribution >= 4 is 9.84 Å². The molecule has 0 radical (unpaired) electrons. The minimum absolute atomic E-state index is 0.0864. The molecule has 0 spiro atoms. The minimum atomic E-state index is -3.18. The van der Waals surface area contributed by atoms with E-state index in [1.54, 1.807) is 6.07 Å². The Bertz CT molecular complexity index is 557. The van der Waals surface area contributed by atoms with Crippen molar-refractivity contribution in [3.8, 4) is 0 Å². The quantitative estimate of drug-likeness (QED) is 0.892. The molecule has 94 valence electrons. The molecule has 0 heterocycles. The molecule has 1 aliphatic carbocycles. The molecule has 2 rings (SSSR count).